The van der Waals surface area contributed by atoms with Crippen molar-refractivity contribution in [1.82, 2.24) is 0 Å². The van der Waals surface area contributed by atoms with Crippen LogP contribution in [0.3, 0.4) is 0 Å². The van der Waals surface area contributed by atoms with Gasteiger partial charge in [-0.1, -0.05) is 0 Å². The predicted octanol–water partition coefficient (Wildman–Crippen LogP) is 2.16. The summed E-state index contributed by atoms with van der Waals surface area (Å²) in [6.45, 7) is 4.81. The number of ether oxygens (including phenoxy) is 2. The molecule has 96 valence electrons. The molecule has 0 radical (unpaired) electrons. The zero-order valence-electron chi connectivity index (χ0n) is 11.0. The van der Waals surface area contributed by atoms with Crippen molar-refractivity contribution in [3.8, 4) is 11.5 Å². The molecule has 0 spiro atoms. The summed E-state index contributed by atoms with van der Waals surface area (Å²) in [5.74, 6) is 1.68. The smallest absolute Gasteiger partial charge is 0.142 e. The molecule has 0 heterocycles. The third-order valence-corrected chi connectivity index (χ3v) is 2.63. The van der Waals surface area contributed by atoms with E-state index >= 15 is 0 Å². The quantitative estimate of drug-likeness (QED) is 0.797. The molecule has 0 aromatic heterocycles. The standard InChI is InChI=1S/C13H22N2O2/c1-9-7-13(17-4)11(8-12(9)16-3)15-6-5-10(2)14/h7-8,10,15H,5-6,14H2,1-4H3. The van der Waals surface area contributed by atoms with Gasteiger partial charge in [0.25, 0.3) is 0 Å². The van der Waals surface area contributed by atoms with E-state index in [0.29, 0.717) is 0 Å². The van der Waals surface area contributed by atoms with Crippen molar-refractivity contribution < 1.29 is 9.47 Å². The molecular weight excluding hydrogens is 216 g/mol. The number of anilines is 1. The third-order valence-electron chi connectivity index (χ3n) is 2.63. The number of methoxy groups -OCH3 is 2. The molecule has 1 aromatic rings. The van der Waals surface area contributed by atoms with E-state index in [1.807, 2.05) is 26.0 Å². The maximum atomic E-state index is 5.71. The van der Waals surface area contributed by atoms with Crippen LogP contribution in [0.25, 0.3) is 0 Å². The Hall–Kier alpha value is -1.42. The average Bonchev–Trinajstić information content (AvgIpc) is 2.30. The van der Waals surface area contributed by atoms with Gasteiger partial charge in [0.1, 0.15) is 11.5 Å². The van der Waals surface area contributed by atoms with E-state index in [1.165, 1.54) is 0 Å². The van der Waals surface area contributed by atoms with Crippen LogP contribution in [0.5, 0.6) is 11.5 Å². The van der Waals surface area contributed by atoms with Gasteiger partial charge in [0.2, 0.25) is 0 Å². The van der Waals surface area contributed by atoms with Gasteiger partial charge >= 0.3 is 0 Å². The van der Waals surface area contributed by atoms with Gasteiger partial charge in [0.05, 0.1) is 19.9 Å². The van der Waals surface area contributed by atoms with Crippen LogP contribution in [-0.2, 0) is 0 Å². The maximum absolute atomic E-state index is 5.71. The van der Waals surface area contributed by atoms with Crippen LogP contribution >= 0.6 is 0 Å². The van der Waals surface area contributed by atoms with Crippen molar-refractivity contribution >= 4 is 5.69 Å². The first-order valence-corrected chi connectivity index (χ1v) is 5.80. The van der Waals surface area contributed by atoms with Gasteiger partial charge in [0, 0.05) is 18.7 Å². The highest BCUT2D eigenvalue weighted by Crippen LogP contribution is 2.32. The number of hydrogen-bond donors (Lipinski definition) is 2. The number of nitrogens with one attached hydrogen (secondary N) is 1. The SMILES string of the molecule is COc1cc(NCCC(C)N)c(OC)cc1C. The van der Waals surface area contributed by atoms with Gasteiger partial charge in [-0.25, -0.2) is 0 Å². The van der Waals surface area contributed by atoms with Gasteiger partial charge in [-0.15, -0.1) is 0 Å². The van der Waals surface area contributed by atoms with Gasteiger partial charge in [-0.2, -0.15) is 0 Å². The lowest BCUT2D eigenvalue weighted by molar-refractivity contribution is 0.402. The Bertz CT molecular complexity index is 365. The number of rotatable bonds is 6. The summed E-state index contributed by atoms with van der Waals surface area (Å²) in [5.41, 5.74) is 7.71. The highest BCUT2D eigenvalue weighted by atomic mass is 16.5. The van der Waals surface area contributed by atoms with Crippen molar-refractivity contribution in [3.63, 3.8) is 0 Å². The van der Waals surface area contributed by atoms with Crippen molar-refractivity contribution in [2.45, 2.75) is 26.3 Å². The van der Waals surface area contributed by atoms with E-state index in [1.54, 1.807) is 14.2 Å². The highest BCUT2D eigenvalue weighted by molar-refractivity contribution is 5.62. The van der Waals surface area contributed by atoms with Gasteiger partial charge < -0.3 is 20.5 Å². The predicted molar refractivity (Wildman–Crippen MR) is 71.0 cm³/mol. The molecule has 1 atom stereocenters. The molecule has 0 saturated carbocycles. The van der Waals surface area contributed by atoms with Crippen molar-refractivity contribution in [2.75, 3.05) is 26.1 Å². The fourth-order valence-corrected chi connectivity index (χ4v) is 1.62. The van der Waals surface area contributed by atoms with Crippen LogP contribution < -0.4 is 20.5 Å². The van der Waals surface area contributed by atoms with E-state index in [4.69, 9.17) is 15.2 Å². The molecule has 17 heavy (non-hydrogen) atoms. The normalized spacial score (nSPS) is 12.1. The van der Waals surface area contributed by atoms with Crippen LogP contribution in [0.2, 0.25) is 0 Å². The Morgan fingerprint density at radius 1 is 1.24 bits per heavy atom. The van der Waals surface area contributed by atoms with Crippen molar-refractivity contribution in [1.29, 1.82) is 0 Å². The van der Waals surface area contributed by atoms with E-state index in [2.05, 4.69) is 5.32 Å². The van der Waals surface area contributed by atoms with E-state index in [-0.39, 0.29) is 6.04 Å². The summed E-state index contributed by atoms with van der Waals surface area (Å²) in [6.07, 6.45) is 0.916. The second-order valence-electron chi connectivity index (χ2n) is 4.21. The van der Waals surface area contributed by atoms with Gasteiger partial charge in [0.15, 0.2) is 0 Å². The van der Waals surface area contributed by atoms with Crippen LogP contribution in [0.15, 0.2) is 12.1 Å². The first-order valence-electron chi connectivity index (χ1n) is 5.80. The summed E-state index contributed by atoms with van der Waals surface area (Å²) in [6, 6.07) is 4.11. The number of aryl methyl sites for hydroxylation is 1. The number of hydrogen-bond acceptors (Lipinski definition) is 4. The fraction of sp³-hybridized carbons (Fsp3) is 0.538. The molecule has 0 saturated heterocycles. The van der Waals surface area contributed by atoms with E-state index in [9.17, 15) is 0 Å². The molecule has 4 heteroatoms. The fourth-order valence-electron chi connectivity index (χ4n) is 1.62. The van der Waals surface area contributed by atoms with Crippen LogP contribution in [0.1, 0.15) is 18.9 Å². The molecule has 1 rings (SSSR count). The molecule has 0 aliphatic rings. The first-order chi connectivity index (χ1) is 8.08. The summed E-state index contributed by atoms with van der Waals surface area (Å²) in [4.78, 5) is 0. The topological polar surface area (TPSA) is 56.5 Å². The van der Waals surface area contributed by atoms with Crippen LogP contribution in [0.4, 0.5) is 5.69 Å². The molecule has 4 nitrogen and oxygen atoms in total. The van der Waals surface area contributed by atoms with Crippen LogP contribution in [0, 0.1) is 6.92 Å². The lowest BCUT2D eigenvalue weighted by atomic mass is 10.1. The summed E-state index contributed by atoms with van der Waals surface area (Å²) >= 11 is 0. The average molecular weight is 238 g/mol. The first kappa shape index (κ1) is 13.6. The second-order valence-corrected chi connectivity index (χ2v) is 4.21. The van der Waals surface area contributed by atoms with Crippen molar-refractivity contribution in [2.24, 2.45) is 5.73 Å². The number of nitrogens with two attached hydrogens (primary N) is 1. The molecule has 0 fully saturated rings. The van der Waals surface area contributed by atoms with E-state index in [0.717, 1.165) is 35.7 Å². The van der Waals surface area contributed by atoms with Gasteiger partial charge in [-0.3, -0.25) is 0 Å². The third kappa shape index (κ3) is 3.82. The molecular formula is C13H22N2O2. The van der Waals surface area contributed by atoms with Crippen molar-refractivity contribution in [3.05, 3.63) is 17.7 Å². The number of benzene rings is 1. The summed E-state index contributed by atoms with van der Waals surface area (Å²) in [5, 5.41) is 3.31. The minimum absolute atomic E-state index is 0.195. The molecule has 1 aromatic carbocycles. The maximum Gasteiger partial charge on any atom is 0.142 e. The Kier molecular flexibility index (Phi) is 5.10. The molecule has 0 amide bonds. The Morgan fingerprint density at radius 2 is 1.88 bits per heavy atom. The molecule has 3 N–H and O–H groups in total. The van der Waals surface area contributed by atoms with Crippen LogP contribution in [-0.4, -0.2) is 26.8 Å². The lowest BCUT2D eigenvalue weighted by Gasteiger charge is -2.15. The summed E-state index contributed by atoms with van der Waals surface area (Å²) < 4.78 is 10.6. The molecule has 0 aliphatic carbocycles. The molecule has 0 bridgehead atoms. The Balaban J connectivity index is 2.81. The zero-order chi connectivity index (χ0) is 12.8. The Morgan fingerprint density at radius 3 is 2.41 bits per heavy atom. The highest BCUT2D eigenvalue weighted by Gasteiger charge is 2.08. The van der Waals surface area contributed by atoms with Gasteiger partial charge in [-0.05, 0) is 31.9 Å². The minimum atomic E-state index is 0.195. The molecule has 0 aliphatic heterocycles. The minimum Gasteiger partial charge on any atom is -0.496 e. The largest absolute Gasteiger partial charge is 0.496 e. The molecule has 1 unspecified atom stereocenters. The second kappa shape index (κ2) is 6.35. The van der Waals surface area contributed by atoms with E-state index < -0.39 is 0 Å². The Labute approximate surface area is 103 Å². The summed E-state index contributed by atoms with van der Waals surface area (Å²) in [7, 11) is 3.33. The lowest BCUT2D eigenvalue weighted by Crippen LogP contribution is -2.19. The zero-order valence-corrected chi connectivity index (χ0v) is 11.0. The monoisotopic (exact) mass is 238 g/mol.